The molecule has 0 aliphatic carbocycles. The molecule has 0 bridgehead atoms. The number of piperidine rings is 1. The van der Waals surface area contributed by atoms with E-state index in [1.54, 1.807) is 6.07 Å². The van der Waals surface area contributed by atoms with E-state index in [-0.39, 0.29) is 17.5 Å². The van der Waals surface area contributed by atoms with Crippen molar-refractivity contribution in [2.24, 2.45) is 5.92 Å². The van der Waals surface area contributed by atoms with Crippen LogP contribution in [0.1, 0.15) is 18.9 Å². The number of benzene rings is 1. The smallest absolute Gasteiger partial charge is 0.146 e. The standard InChI is InChI=1S/C13H16FNO/c1-9-3-4-12(11(14)7-9)15-6-5-13(16)10(2)8-15/h3-4,7,10H,5-6,8H2,1-2H3. The zero-order chi connectivity index (χ0) is 11.7. The van der Waals surface area contributed by atoms with Crippen LogP contribution < -0.4 is 4.90 Å². The van der Waals surface area contributed by atoms with Crippen molar-refractivity contribution in [1.29, 1.82) is 0 Å². The van der Waals surface area contributed by atoms with Gasteiger partial charge in [-0.25, -0.2) is 4.39 Å². The highest BCUT2D eigenvalue weighted by atomic mass is 19.1. The van der Waals surface area contributed by atoms with Crippen LogP contribution in [0.3, 0.4) is 0 Å². The second-order valence-corrected chi connectivity index (χ2v) is 4.52. The number of rotatable bonds is 1. The number of nitrogens with zero attached hydrogens (tertiary/aromatic N) is 1. The number of hydrogen-bond donors (Lipinski definition) is 0. The van der Waals surface area contributed by atoms with Crippen molar-refractivity contribution in [3.05, 3.63) is 29.6 Å². The van der Waals surface area contributed by atoms with Crippen molar-refractivity contribution in [3.8, 4) is 0 Å². The molecule has 1 aliphatic rings. The fraction of sp³-hybridized carbons (Fsp3) is 0.462. The number of hydrogen-bond acceptors (Lipinski definition) is 2. The number of carbonyl (C=O) groups excluding carboxylic acids is 1. The van der Waals surface area contributed by atoms with E-state index in [4.69, 9.17) is 0 Å². The lowest BCUT2D eigenvalue weighted by molar-refractivity contribution is -0.122. The first kappa shape index (κ1) is 11.1. The summed E-state index contributed by atoms with van der Waals surface area (Å²) in [6.45, 7) is 5.03. The van der Waals surface area contributed by atoms with Crippen LogP contribution in [0.15, 0.2) is 18.2 Å². The molecule has 1 heterocycles. The maximum atomic E-state index is 13.7. The molecule has 2 rings (SSSR count). The maximum absolute atomic E-state index is 13.7. The molecule has 2 nitrogen and oxygen atoms in total. The fourth-order valence-electron chi connectivity index (χ4n) is 2.10. The summed E-state index contributed by atoms with van der Waals surface area (Å²) in [7, 11) is 0. The number of aryl methyl sites for hydroxylation is 1. The van der Waals surface area contributed by atoms with Crippen molar-refractivity contribution in [2.45, 2.75) is 20.3 Å². The molecule has 0 amide bonds. The molecule has 0 radical (unpaired) electrons. The molecule has 1 saturated heterocycles. The molecule has 1 aromatic rings. The zero-order valence-electron chi connectivity index (χ0n) is 9.66. The van der Waals surface area contributed by atoms with Crippen LogP contribution in [0, 0.1) is 18.7 Å². The average Bonchev–Trinajstić information content (AvgIpc) is 2.22. The van der Waals surface area contributed by atoms with Crippen molar-refractivity contribution < 1.29 is 9.18 Å². The fourth-order valence-corrected chi connectivity index (χ4v) is 2.10. The first-order valence-electron chi connectivity index (χ1n) is 5.62. The van der Waals surface area contributed by atoms with Crippen LogP contribution in [-0.2, 0) is 4.79 Å². The van der Waals surface area contributed by atoms with E-state index >= 15 is 0 Å². The van der Waals surface area contributed by atoms with Gasteiger partial charge < -0.3 is 4.90 Å². The Hall–Kier alpha value is -1.38. The molecule has 3 heteroatoms. The number of anilines is 1. The third-order valence-corrected chi connectivity index (χ3v) is 3.12. The number of ketones is 1. The lowest BCUT2D eigenvalue weighted by atomic mass is 9.98. The van der Waals surface area contributed by atoms with E-state index in [0.29, 0.717) is 25.2 Å². The van der Waals surface area contributed by atoms with Crippen LogP contribution >= 0.6 is 0 Å². The van der Waals surface area contributed by atoms with Crippen LogP contribution in [-0.4, -0.2) is 18.9 Å². The summed E-state index contributed by atoms with van der Waals surface area (Å²) in [5, 5.41) is 0. The van der Waals surface area contributed by atoms with Crippen LogP contribution in [0.4, 0.5) is 10.1 Å². The van der Waals surface area contributed by atoms with Crippen molar-refractivity contribution >= 4 is 11.5 Å². The maximum Gasteiger partial charge on any atom is 0.146 e. The van der Waals surface area contributed by atoms with Gasteiger partial charge in [-0.15, -0.1) is 0 Å². The van der Waals surface area contributed by atoms with E-state index < -0.39 is 0 Å². The Morgan fingerprint density at radius 2 is 2.19 bits per heavy atom. The van der Waals surface area contributed by atoms with Gasteiger partial charge >= 0.3 is 0 Å². The van der Waals surface area contributed by atoms with Crippen LogP contribution in [0.2, 0.25) is 0 Å². The predicted molar refractivity (Wildman–Crippen MR) is 62.1 cm³/mol. The van der Waals surface area contributed by atoms with Gasteiger partial charge in [0.05, 0.1) is 5.69 Å². The topological polar surface area (TPSA) is 20.3 Å². The van der Waals surface area contributed by atoms with Crippen LogP contribution in [0.25, 0.3) is 0 Å². The second kappa shape index (κ2) is 4.24. The number of halogens is 1. The summed E-state index contributed by atoms with van der Waals surface area (Å²) in [4.78, 5) is 13.3. The minimum Gasteiger partial charge on any atom is -0.368 e. The summed E-state index contributed by atoms with van der Waals surface area (Å²) in [6.07, 6.45) is 0.522. The van der Waals surface area contributed by atoms with E-state index in [0.717, 1.165) is 5.56 Å². The summed E-state index contributed by atoms with van der Waals surface area (Å²) >= 11 is 0. The number of Topliss-reactive ketones (excluding diaryl/α,β-unsaturated/α-hetero) is 1. The van der Waals surface area contributed by atoms with Gasteiger partial charge in [0.2, 0.25) is 0 Å². The van der Waals surface area contributed by atoms with E-state index in [2.05, 4.69) is 0 Å². The predicted octanol–water partition coefficient (Wildman–Crippen LogP) is 2.55. The lowest BCUT2D eigenvalue weighted by Crippen LogP contribution is -2.40. The Bertz CT molecular complexity index is 416. The lowest BCUT2D eigenvalue weighted by Gasteiger charge is -2.32. The Morgan fingerprint density at radius 1 is 1.44 bits per heavy atom. The Kier molecular flexibility index (Phi) is 2.95. The minimum absolute atomic E-state index is 0.00875. The normalized spacial score (nSPS) is 21.3. The molecule has 0 aromatic heterocycles. The molecule has 0 spiro atoms. The van der Waals surface area contributed by atoms with E-state index in [1.165, 1.54) is 6.07 Å². The van der Waals surface area contributed by atoms with Crippen molar-refractivity contribution in [1.82, 2.24) is 0 Å². The SMILES string of the molecule is Cc1ccc(N2CCC(=O)C(C)C2)c(F)c1. The number of carbonyl (C=O) groups is 1. The van der Waals surface area contributed by atoms with Gasteiger partial charge in [-0.1, -0.05) is 13.0 Å². The van der Waals surface area contributed by atoms with Crippen LogP contribution in [0.5, 0.6) is 0 Å². The molecule has 86 valence electrons. The molecule has 0 N–H and O–H groups in total. The van der Waals surface area contributed by atoms with Gasteiger partial charge in [0.15, 0.2) is 0 Å². The van der Waals surface area contributed by atoms with Gasteiger partial charge in [-0.05, 0) is 24.6 Å². The highest BCUT2D eigenvalue weighted by Crippen LogP contribution is 2.24. The Morgan fingerprint density at radius 3 is 2.81 bits per heavy atom. The average molecular weight is 221 g/mol. The summed E-state index contributed by atoms with van der Waals surface area (Å²) in [5.41, 5.74) is 1.53. The molecule has 0 saturated carbocycles. The molecule has 16 heavy (non-hydrogen) atoms. The zero-order valence-corrected chi connectivity index (χ0v) is 9.66. The molecule has 1 aliphatic heterocycles. The Labute approximate surface area is 95.1 Å². The highest BCUT2D eigenvalue weighted by Gasteiger charge is 2.24. The molecular weight excluding hydrogens is 205 g/mol. The first-order valence-corrected chi connectivity index (χ1v) is 5.62. The molecule has 1 atom stereocenters. The summed E-state index contributed by atoms with van der Waals surface area (Å²) in [5.74, 6) is 0.0970. The van der Waals surface area contributed by atoms with Gasteiger partial charge in [0.25, 0.3) is 0 Å². The molecule has 1 unspecified atom stereocenters. The summed E-state index contributed by atoms with van der Waals surface area (Å²) in [6, 6.07) is 5.24. The van der Waals surface area contributed by atoms with Gasteiger partial charge in [-0.3, -0.25) is 4.79 Å². The third kappa shape index (κ3) is 2.08. The largest absolute Gasteiger partial charge is 0.368 e. The second-order valence-electron chi connectivity index (χ2n) is 4.52. The monoisotopic (exact) mass is 221 g/mol. The molecule has 1 aromatic carbocycles. The Balaban J connectivity index is 2.21. The first-order chi connectivity index (χ1) is 7.58. The summed E-state index contributed by atoms with van der Waals surface area (Å²) < 4.78 is 13.7. The van der Waals surface area contributed by atoms with Gasteiger partial charge in [-0.2, -0.15) is 0 Å². The van der Waals surface area contributed by atoms with E-state index in [1.807, 2.05) is 24.8 Å². The molecular formula is C13H16FNO. The van der Waals surface area contributed by atoms with E-state index in [9.17, 15) is 9.18 Å². The minimum atomic E-state index is -0.193. The third-order valence-electron chi connectivity index (χ3n) is 3.12. The highest BCUT2D eigenvalue weighted by molar-refractivity contribution is 5.83. The van der Waals surface area contributed by atoms with Gasteiger partial charge in [0.1, 0.15) is 11.6 Å². The van der Waals surface area contributed by atoms with Crippen molar-refractivity contribution in [3.63, 3.8) is 0 Å². The van der Waals surface area contributed by atoms with Gasteiger partial charge in [0, 0.05) is 25.4 Å². The quantitative estimate of drug-likeness (QED) is 0.726. The molecule has 1 fully saturated rings. The van der Waals surface area contributed by atoms with Crippen molar-refractivity contribution in [2.75, 3.05) is 18.0 Å².